The molecule has 0 aliphatic rings. The van der Waals surface area contributed by atoms with Gasteiger partial charge in [0.2, 0.25) is 5.88 Å². The third-order valence-corrected chi connectivity index (χ3v) is 4.99. The molecule has 178 valence electrons. The second-order valence-electron chi connectivity index (χ2n) is 7.33. The van der Waals surface area contributed by atoms with Crippen molar-refractivity contribution in [1.29, 1.82) is 0 Å². The fourth-order valence-electron chi connectivity index (χ4n) is 3.27. The maximum Gasteiger partial charge on any atom is 0.274 e. The van der Waals surface area contributed by atoms with Crippen LogP contribution < -0.4 is 19.9 Å². The van der Waals surface area contributed by atoms with E-state index in [4.69, 9.17) is 19.1 Å². The average Bonchev–Trinajstić information content (AvgIpc) is 3.33. The number of fused-ring (bicyclic) bond motifs is 1. The molecule has 0 aliphatic heterocycles. The first-order valence-electron chi connectivity index (χ1n) is 10.8. The highest BCUT2D eigenvalue weighted by atomic mass is 16.5. The standard InChI is InChI=1S/C26H23N3O6/c30-24(8-4-15-33-22-6-3-13-27-18-22)29(25-17-20-5-1-2-7-23(20)35-25)14-16-34-21-11-9-19(10-12-21)26(31)28-32/h1-13,17-18,32H,14-16H2,(H,28,31)/b8-4+. The summed E-state index contributed by atoms with van der Waals surface area (Å²) in [7, 11) is 0. The molecule has 0 aliphatic carbocycles. The van der Waals surface area contributed by atoms with Crippen LogP contribution in [0.15, 0.2) is 95.7 Å². The topological polar surface area (TPSA) is 114 Å². The normalized spacial score (nSPS) is 10.9. The lowest BCUT2D eigenvalue weighted by Gasteiger charge is -2.18. The third-order valence-electron chi connectivity index (χ3n) is 4.99. The zero-order valence-electron chi connectivity index (χ0n) is 18.7. The van der Waals surface area contributed by atoms with Gasteiger partial charge in [-0.2, -0.15) is 0 Å². The quantitative estimate of drug-likeness (QED) is 0.203. The summed E-state index contributed by atoms with van der Waals surface area (Å²) in [4.78, 5) is 29.9. The Hall–Kier alpha value is -4.63. The van der Waals surface area contributed by atoms with E-state index in [1.807, 2.05) is 24.3 Å². The number of hydrogen-bond donors (Lipinski definition) is 2. The number of nitrogens with one attached hydrogen (secondary N) is 1. The van der Waals surface area contributed by atoms with Gasteiger partial charge in [-0.3, -0.25) is 24.7 Å². The number of rotatable bonds is 10. The molecule has 35 heavy (non-hydrogen) atoms. The van der Waals surface area contributed by atoms with E-state index in [1.165, 1.54) is 23.1 Å². The van der Waals surface area contributed by atoms with Crippen molar-refractivity contribution in [3.63, 3.8) is 0 Å². The van der Waals surface area contributed by atoms with Crippen molar-refractivity contribution < 1.29 is 28.7 Å². The van der Waals surface area contributed by atoms with E-state index >= 15 is 0 Å². The van der Waals surface area contributed by atoms with Gasteiger partial charge in [0.15, 0.2) is 0 Å². The molecule has 2 aromatic heterocycles. The van der Waals surface area contributed by atoms with Crippen LogP contribution >= 0.6 is 0 Å². The van der Waals surface area contributed by atoms with Crippen LogP contribution in [0.3, 0.4) is 0 Å². The number of nitrogens with zero attached hydrogens (tertiary/aromatic N) is 2. The molecule has 2 amide bonds. The molecular formula is C26H23N3O6. The van der Waals surface area contributed by atoms with Crippen molar-refractivity contribution in [3.8, 4) is 11.5 Å². The lowest BCUT2D eigenvalue weighted by molar-refractivity contribution is -0.114. The van der Waals surface area contributed by atoms with Gasteiger partial charge in [0.05, 0.1) is 12.7 Å². The Balaban J connectivity index is 1.42. The van der Waals surface area contributed by atoms with E-state index in [2.05, 4.69) is 4.98 Å². The summed E-state index contributed by atoms with van der Waals surface area (Å²) in [5.74, 6) is 0.606. The Bertz CT molecular complexity index is 1270. The summed E-state index contributed by atoms with van der Waals surface area (Å²) in [5.41, 5.74) is 2.54. The highest BCUT2D eigenvalue weighted by Gasteiger charge is 2.18. The van der Waals surface area contributed by atoms with Crippen LogP contribution in [0.1, 0.15) is 10.4 Å². The van der Waals surface area contributed by atoms with E-state index in [0.29, 0.717) is 23.0 Å². The van der Waals surface area contributed by atoms with Crippen LogP contribution in [0.4, 0.5) is 5.88 Å². The summed E-state index contributed by atoms with van der Waals surface area (Å²) in [6, 6.07) is 19.1. The number of aromatic nitrogens is 1. The number of carbonyl (C=O) groups excluding carboxylic acids is 2. The van der Waals surface area contributed by atoms with Gasteiger partial charge >= 0.3 is 0 Å². The van der Waals surface area contributed by atoms with Crippen LogP contribution in [0, 0.1) is 0 Å². The molecule has 0 radical (unpaired) electrons. The number of ether oxygens (including phenoxy) is 2. The maximum atomic E-state index is 13.0. The van der Waals surface area contributed by atoms with Crippen LogP contribution in [0.5, 0.6) is 11.5 Å². The van der Waals surface area contributed by atoms with Crippen LogP contribution in [0.25, 0.3) is 11.0 Å². The van der Waals surface area contributed by atoms with Gasteiger partial charge in [0.1, 0.15) is 30.3 Å². The highest BCUT2D eigenvalue weighted by molar-refractivity contribution is 6.01. The van der Waals surface area contributed by atoms with E-state index < -0.39 is 5.91 Å². The molecule has 2 N–H and O–H groups in total. The zero-order valence-corrected chi connectivity index (χ0v) is 18.7. The highest BCUT2D eigenvalue weighted by Crippen LogP contribution is 2.26. The molecule has 9 nitrogen and oxygen atoms in total. The molecule has 0 spiro atoms. The molecule has 9 heteroatoms. The summed E-state index contributed by atoms with van der Waals surface area (Å²) in [6.45, 7) is 0.593. The van der Waals surface area contributed by atoms with Crippen LogP contribution in [-0.2, 0) is 4.79 Å². The number of pyridine rings is 1. The summed E-state index contributed by atoms with van der Waals surface area (Å²) < 4.78 is 17.2. The molecule has 2 heterocycles. The Morgan fingerprint density at radius 3 is 2.60 bits per heavy atom. The Labute approximate surface area is 201 Å². The fraction of sp³-hybridized carbons (Fsp3) is 0.115. The van der Waals surface area contributed by atoms with Gasteiger partial charge in [-0.05, 0) is 48.5 Å². The second kappa shape index (κ2) is 11.5. The van der Waals surface area contributed by atoms with Crippen molar-refractivity contribution in [2.45, 2.75) is 0 Å². The molecular weight excluding hydrogens is 450 g/mol. The van der Waals surface area contributed by atoms with Crippen molar-refractivity contribution in [3.05, 3.63) is 96.8 Å². The van der Waals surface area contributed by atoms with Gasteiger partial charge in [-0.1, -0.05) is 18.2 Å². The zero-order chi connectivity index (χ0) is 24.5. The van der Waals surface area contributed by atoms with Crippen LogP contribution in [-0.4, -0.2) is 41.8 Å². The fourth-order valence-corrected chi connectivity index (χ4v) is 3.27. The first-order chi connectivity index (χ1) is 17.1. The monoisotopic (exact) mass is 473 g/mol. The van der Waals surface area contributed by atoms with Gasteiger partial charge < -0.3 is 13.9 Å². The Morgan fingerprint density at radius 2 is 1.86 bits per heavy atom. The van der Waals surface area contributed by atoms with E-state index in [9.17, 15) is 9.59 Å². The van der Waals surface area contributed by atoms with E-state index in [1.54, 1.807) is 54.3 Å². The summed E-state index contributed by atoms with van der Waals surface area (Å²) in [5, 5.41) is 9.59. The maximum absolute atomic E-state index is 13.0. The van der Waals surface area contributed by atoms with E-state index in [-0.39, 0.29) is 31.2 Å². The summed E-state index contributed by atoms with van der Waals surface area (Å²) >= 11 is 0. The predicted octanol–water partition coefficient (Wildman–Crippen LogP) is 3.99. The van der Waals surface area contributed by atoms with Gasteiger partial charge in [0, 0.05) is 29.3 Å². The van der Waals surface area contributed by atoms with Gasteiger partial charge in [-0.25, -0.2) is 5.48 Å². The largest absolute Gasteiger partial charge is 0.492 e. The van der Waals surface area contributed by atoms with Crippen molar-refractivity contribution in [1.82, 2.24) is 10.5 Å². The van der Waals surface area contributed by atoms with Gasteiger partial charge in [-0.15, -0.1) is 0 Å². The smallest absolute Gasteiger partial charge is 0.274 e. The molecule has 0 fully saturated rings. The minimum absolute atomic E-state index is 0.175. The number of hydrogen-bond acceptors (Lipinski definition) is 7. The number of amides is 2. The molecule has 0 saturated heterocycles. The number of hydroxylamine groups is 1. The molecule has 0 saturated carbocycles. The number of carbonyl (C=O) groups is 2. The number of benzene rings is 2. The molecule has 0 bridgehead atoms. The predicted molar refractivity (Wildman–Crippen MR) is 129 cm³/mol. The number of anilines is 1. The SMILES string of the molecule is O=C(NO)c1ccc(OCCN(C(=O)/C=C/COc2cccnc2)c2cc3ccccc3o2)cc1. The van der Waals surface area contributed by atoms with Gasteiger partial charge in [0.25, 0.3) is 11.8 Å². The lowest BCUT2D eigenvalue weighted by atomic mass is 10.2. The number of furan rings is 1. The van der Waals surface area contributed by atoms with Crippen molar-refractivity contribution in [2.24, 2.45) is 0 Å². The minimum Gasteiger partial charge on any atom is -0.492 e. The molecule has 2 aromatic carbocycles. The van der Waals surface area contributed by atoms with Crippen LogP contribution in [0.2, 0.25) is 0 Å². The first-order valence-corrected chi connectivity index (χ1v) is 10.8. The second-order valence-corrected chi connectivity index (χ2v) is 7.33. The number of para-hydroxylation sites is 1. The molecule has 4 rings (SSSR count). The average molecular weight is 473 g/mol. The lowest BCUT2D eigenvalue weighted by Crippen LogP contribution is -2.33. The third kappa shape index (κ3) is 6.24. The first kappa shape index (κ1) is 23.5. The molecule has 0 unspecified atom stereocenters. The van der Waals surface area contributed by atoms with E-state index in [0.717, 1.165) is 5.39 Å². The Morgan fingerprint density at radius 1 is 1.03 bits per heavy atom. The Kier molecular flexibility index (Phi) is 7.72. The summed E-state index contributed by atoms with van der Waals surface area (Å²) in [6.07, 6.45) is 6.29. The minimum atomic E-state index is -0.613. The van der Waals surface area contributed by atoms with Crippen molar-refractivity contribution in [2.75, 3.05) is 24.7 Å². The molecule has 4 aromatic rings. The molecule has 0 atom stereocenters. The van der Waals surface area contributed by atoms with Crippen molar-refractivity contribution >= 4 is 28.7 Å².